The van der Waals surface area contributed by atoms with E-state index in [1.807, 2.05) is 86.7 Å². The Labute approximate surface area is 204 Å². The van der Waals surface area contributed by atoms with E-state index in [4.69, 9.17) is 25.8 Å². The van der Waals surface area contributed by atoms with Gasteiger partial charge in [0, 0.05) is 0 Å². The highest BCUT2D eigenvalue weighted by Crippen LogP contribution is 2.31. The lowest BCUT2D eigenvalue weighted by atomic mass is 10.1. The Bertz CT molecular complexity index is 1220. The minimum absolute atomic E-state index is 0.168. The summed E-state index contributed by atoms with van der Waals surface area (Å²) in [5.74, 6) is 1.64. The highest BCUT2D eigenvalue weighted by Gasteiger charge is 2.28. The number of carbonyl (C=O) groups is 1. The minimum Gasteiger partial charge on any atom is -0.490 e. The van der Waals surface area contributed by atoms with Crippen molar-refractivity contribution in [3.8, 4) is 17.2 Å². The van der Waals surface area contributed by atoms with E-state index >= 15 is 0 Å². The molecule has 0 unspecified atom stereocenters. The van der Waals surface area contributed by atoms with Crippen LogP contribution in [0.5, 0.6) is 17.2 Å². The fraction of sp³-hybridized carbons (Fsp3) is 0.185. The van der Waals surface area contributed by atoms with Crippen LogP contribution < -0.4 is 19.2 Å². The number of ether oxygens (including phenoxy) is 3. The summed E-state index contributed by atoms with van der Waals surface area (Å²) in [4.78, 5) is 13.0. The summed E-state index contributed by atoms with van der Waals surface area (Å²) in [5.41, 5.74) is 2.74. The Morgan fingerprint density at radius 1 is 0.882 bits per heavy atom. The average Bonchev–Trinajstić information content (AvgIpc) is 3.13. The van der Waals surface area contributed by atoms with Gasteiger partial charge in [0.05, 0.1) is 28.6 Å². The standard InChI is InChI=1S/C27H25ClN2O4/c1-3-32-26-18-20(13-14-25(26)34-16-15-33-24-12-8-7-11-23(24)28)17-22-19(2)29-30(27(22)31)21-9-5-4-6-10-21/h4-14,17-18H,3,15-16H2,1-2H3/b22-17-. The van der Waals surface area contributed by atoms with E-state index in [0.29, 0.717) is 53.4 Å². The maximum Gasteiger partial charge on any atom is 0.280 e. The Kier molecular flexibility index (Phi) is 7.50. The second kappa shape index (κ2) is 10.9. The number of halogens is 1. The van der Waals surface area contributed by atoms with Gasteiger partial charge in [-0.3, -0.25) is 4.79 Å². The van der Waals surface area contributed by atoms with Crippen molar-refractivity contribution in [2.75, 3.05) is 24.8 Å². The molecule has 0 bridgehead atoms. The lowest BCUT2D eigenvalue weighted by molar-refractivity contribution is -0.114. The molecule has 4 rings (SSSR count). The zero-order valence-electron chi connectivity index (χ0n) is 19.0. The molecule has 0 fully saturated rings. The molecule has 0 radical (unpaired) electrons. The second-order valence-corrected chi connectivity index (χ2v) is 7.87. The third kappa shape index (κ3) is 5.41. The van der Waals surface area contributed by atoms with E-state index in [1.165, 1.54) is 5.01 Å². The number of carbonyl (C=O) groups excluding carboxylic acids is 1. The highest BCUT2D eigenvalue weighted by molar-refractivity contribution is 6.32. The molecule has 0 aromatic heterocycles. The Morgan fingerprint density at radius 2 is 1.59 bits per heavy atom. The highest BCUT2D eigenvalue weighted by atomic mass is 35.5. The fourth-order valence-corrected chi connectivity index (χ4v) is 3.65. The number of hydrazone groups is 1. The molecule has 0 saturated heterocycles. The van der Waals surface area contributed by atoms with E-state index in [0.717, 1.165) is 11.3 Å². The SMILES string of the molecule is CCOc1cc(/C=C2\C(=O)N(c3ccccc3)N=C2C)ccc1OCCOc1ccccc1Cl. The summed E-state index contributed by atoms with van der Waals surface area (Å²) < 4.78 is 17.3. The van der Waals surface area contributed by atoms with Crippen molar-refractivity contribution < 1.29 is 19.0 Å². The topological polar surface area (TPSA) is 60.4 Å². The van der Waals surface area contributed by atoms with Crippen LogP contribution in [0.1, 0.15) is 19.4 Å². The van der Waals surface area contributed by atoms with Gasteiger partial charge in [0.2, 0.25) is 0 Å². The van der Waals surface area contributed by atoms with E-state index in [1.54, 1.807) is 6.07 Å². The van der Waals surface area contributed by atoms with E-state index in [-0.39, 0.29) is 5.91 Å². The van der Waals surface area contributed by atoms with Gasteiger partial charge >= 0.3 is 0 Å². The summed E-state index contributed by atoms with van der Waals surface area (Å²) in [5, 5.41) is 6.40. The largest absolute Gasteiger partial charge is 0.490 e. The first kappa shape index (κ1) is 23.4. The Morgan fingerprint density at radius 3 is 2.32 bits per heavy atom. The first-order valence-electron chi connectivity index (χ1n) is 11.0. The molecule has 0 atom stereocenters. The van der Waals surface area contributed by atoms with Crippen LogP contribution in [0.4, 0.5) is 5.69 Å². The Balaban J connectivity index is 1.46. The molecule has 0 spiro atoms. The third-order valence-electron chi connectivity index (χ3n) is 5.08. The first-order valence-corrected chi connectivity index (χ1v) is 11.4. The van der Waals surface area contributed by atoms with Crippen molar-refractivity contribution in [1.29, 1.82) is 0 Å². The zero-order valence-corrected chi connectivity index (χ0v) is 19.8. The number of anilines is 1. The quantitative estimate of drug-likeness (QED) is 0.280. The Hall–Kier alpha value is -3.77. The van der Waals surface area contributed by atoms with E-state index in [2.05, 4.69) is 5.10 Å². The molecule has 1 amide bonds. The molecule has 1 heterocycles. The molecule has 0 N–H and O–H groups in total. The monoisotopic (exact) mass is 476 g/mol. The van der Waals surface area contributed by atoms with Crippen molar-refractivity contribution in [2.24, 2.45) is 5.10 Å². The maximum absolute atomic E-state index is 13.0. The van der Waals surface area contributed by atoms with Crippen LogP contribution >= 0.6 is 11.6 Å². The van der Waals surface area contributed by atoms with Gasteiger partial charge in [-0.05, 0) is 61.9 Å². The van der Waals surface area contributed by atoms with Gasteiger partial charge in [-0.25, -0.2) is 0 Å². The number of rotatable bonds is 9. The average molecular weight is 477 g/mol. The van der Waals surface area contributed by atoms with Gasteiger partial charge in [-0.15, -0.1) is 0 Å². The van der Waals surface area contributed by atoms with Crippen LogP contribution in [0.25, 0.3) is 6.08 Å². The number of benzene rings is 3. The number of hydrogen-bond donors (Lipinski definition) is 0. The van der Waals surface area contributed by atoms with Gasteiger partial charge in [0.25, 0.3) is 5.91 Å². The molecular weight excluding hydrogens is 452 g/mol. The third-order valence-corrected chi connectivity index (χ3v) is 5.39. The van der Waals surface area contributed by atoms with Gasteiger partial charge in [-0.2, -0.15) is 10.1 Å². The van der Waals surface area contributed by atoms with Crippen LogP contribution in [-0.2, 0) is 4.79 Å². The molecular formula is C27H25ClN2O4. The lowest BCUT2D eigenvalue weighted by Gasteiger charge is -2.14. The summed E-state index contributed by atoms with van der Waals surface area (Å²) in [6, 6.07) is 22.2. The van der Waals surface area contributed by atoms with Crippen molar-refractivity contribution in [3.05, 3.63) is 89.0 Å². The van der Waals surface area contributed by atoms with Crippen LogP contribution in [0.2, 0.25) is 5.02 Å². The molecule has 7 heteroatoms. The van der Waals surface area contributed by atoms with E-state index < -0.39 is 0 Å². The molecule has 6 nitrogen and oxygen atoms in total. The van der Waals surface area contributed by atoms with Gasteiger partial charge in [0.1, 0.15) is 19.0 Å². The van der Waals surface area contributed by atoms with Crippen LogP contribution in [0.3, 0.4) is 0 Å². The molecule has 0 aliphatic carbocycles. The van der Waals surface area contributed by atoms with E-state index in [9.17, 15) is 4.79 Å². The van der Waals surface area contributed by atoms with Gasteiger partial charge in [-0.1, -0.05) is 48.0 Å². The second-order valence-electron chi connectivity index (χ2n) is 7.46. The van der Waals surface area contributed by atoms with Crippen LogP contribution in [0, 0.1) is 0 Å². The maximum atomic E-state index is 13.0. The molecule has 34 heavy (non-hydrogen) atoms. The summed E-state index contributed by atoms with van der Waals surface area (Å²) in [7, 11) is 0. The molecule has 3 aromatic rings. The fourth-order valence-electron chi connectivity index (χ4n) is 3.46. The van der Waals surface area contributed by atoms with Gasteiger partial charge < -0.3 is 14.2 Å². The summed E-state index contributed by atoms with van der Waals surface area (Å²) in [6.45, 7) is 4.87. The van der Waals surface area contributed by atoms with Gasteiger partial charge in [0.15, 0.2) is 11.5 Å². The van der Waals surface area contributed by atoms with Crippen LogP contribution in [0.15, 0.2) is 83.5 Å². The molecule has 0 saturated carbocycles. The lowest BCUT2D eigenvalue weighted by Crippen LogP contribution is -2.21. The first-order chi connectivity index (χ1) is 16.6. The van der Waals surface area contributed by atoms with Crippen molar-refractivity contribution in [1.82, 2.24) is 0 Å². The predicted molar refractivity (Wildman–Crippen MR) is 135 cm³/mol. The smallest absolute Gasteiger partial charge is 0.280 e. The molecule has 1 aliphatic rings. The molecule has 1 aliphatic heterocycles. The molecule has 3 aromatic carbocycles. The zero-order chi connectivity index (χ0) is 23.9. The number of hydrogen-bond acceptors (Lipinski definition) is 5. The number of amides is 1. The summed E-state index contributed by atoms with van der Waals surface area (Å²) >= 11 is 6.11. The normalized spacial score (nSPS) is 14.3. The molecule has 174 valence electrons. The van der Waals surface area contributed by atoms with Crippen LogP contribution in [-0.4, -0.2) is 31.4 Å². The predicted octanol–water partition coefficient (Wildman–Crippen LogP) is 6.00. The number of para-hydroxylation sites is 2. The van der Waals surface area contributed by atoms with Crippen molar-refractivity contribution in [3.63, 3.8) is 0 Å². The summed E-state index contributed by atoms with van der Waals surface area (Å²) in [6.07, 6.45) is 1.82. The minimum atomic E-state index is -0.168. The van der Waals surface area contributed by atoms with Crippen molar-refractivity contribution >= 4 is 35.0 Å². The number of nitrogens with zero attached hydrogens (tertiary/aromatic N) is 2. The van der Waals surface area contributed by atoms with Crippen molar-refractivity contribution in [2.45, 2.75) is 13.8 Å².